The minimum absolute atomic E-state index is 0.309. The first-order valence-electron chi connectivity index (χ1n) is 5.92. The zero-order valence-electron chi connectivity index (χ0n) is 10.1. The number of rotatable bonds is 2. The normalized spacial score (nSPS) is 19.3. The maximum atomic E-state index is 11.5. The number of carbonyl (C=O) groups excluding carboxylic acids is 1. The Morgan fingerprint density at radius 3 is 3.22 bits per heavy atom. The van der Waals surface area contributed by atoms with Crippen molar-refractivity contribution in [3.05, 3.63) is 35.9 Å². The predicted octanol–water partition coefficient (Wildman–Crippen LogP) is 2.34. The summed E-state index contributed by atoms with van der Waals surface area (Å²) in [5.41, 5.74) is 1.52. The second-order valence-corrected chi connectivity index (χ2v) is 5.53. The molecule has 0 radical (unpaired) electrons. The van der Waals surface area contributed by atoms with E-state index in [0.29, 0.717) is 11.5 Å². The molecule has 0 amide bonds. The molecule has 3 heterocycles. The minimum atomic E-state index is -0.309. The highest BCUT2D eigenvalue weighted by molar-refractivity contribution is 7.99. The smallest absolute Gasteiger partial charge is 0.337 e. The summed E-state index contributed by atoms with van der Waals surface area (Å²) in [6.07, 6.45) is 4.92. The maximum absolute atomic E-state index is 11.5. The average Bonchev–Trinajstić information content (AvgIpc) is 3.05. The Balaban J connectivity index is 2.02. The van der Waals surface area contributed by atoms with E-state index in [1.165, 1.54) is 19.3 Å². The number of pyridine rings is 1. The standard InChI is InChI=1S/C13H14N2O2S/c1-17-13(16)9-2-4-15-11(6-9)7-14-12(15)10-3-5-18-8-10/h2,4,6-7,10H,3,5,8H2,1H3. The maximum Gasteiger partial charge on any atom is 0.337 e. The van der Waals surface area contributed by atoms with Gasteiger partial charge in [-0.05, 0) is 24.3 Å². The van der Waals surface area contributed by atoms with Crippen LogP contribution in [0.3, 0.4) is 0 Å². The van der Waals surface area contributed by atoms with Crippen LogP contribution in [0, 0.1) is 0 Å². The van der Waals surface area contributed by atoms with Gasteiger partial charge in [0.2, 0.25) is 0 Å². The Labute approximate surface area is 109 Å². The first-order chi connectivity index (χ1) is 8.79. The van der Waals surface area contributed by atoms with E-state index in [0.717, 1.165) is 17.1 Å². The van der Waals surface area contributed by atoms with Crippen LogP contribution in [0.4, 0.5) is 0 Å². The van der Waals surface area contributed by atoms with Gasteiger partial charge in [-0.2, -0.15) is 11.8 Å². The molecule has 3 rings (SSSR count). The summed E-state index contributed by atoms with van der Waals surface area (Å²) >= 11 is 1.97. The molecular weight excluding hydrogens is 248 g/mol. The van der Waals surface area contributed by atoms with Gasteiger partial charge in [0, 0.05) is 17.9 Å². The molecule has 1 atom stereocenters. The van der Waals surface area contributed by atoms with Gasteiger partial charge in [0.25, 0.3) is 0 Å². The summed E-state index contributed by atoms with van der Waals surface area (Å²) < 4.78 is 6.79. The summed E-state index contributed by atoms with van der Waals surface area (Å²) in [6, 6.07) is 3.61. The van der Waals surface area contributed by atoms with Gasteiger partial charge in [-0.1, -0.05) is 0 Å². The van der Waals surface area contributed by atoms with Crippen LogP contribution >= 0.6 is 11.8 Å². The van der Waals surface area contributed by atoms with Crippen LogP contribution < -0.4 is 0 Å². The molecule has 1 fully saturated rings. The Morgan fingerprint density at radius 1 is 1.61 bits per heavy atom. The summed E-state index contributed by atoms with van der Waals surface area (Å²) in [5, 5.41) is 0. The lowest BCUT2D eigenvalue weighted by molar-refractivity contribution is 0.0600. The van der Waals surface area contributed by atoms with E-state index >= 15 is 0 Å². The number of carbonyl (C=O) groups is 1. The molecule has 1 aliphatic rings. The van der Waals surface area contributed by atoms with Crippen LogP contribution in [0.2, 0.25) is 0 Å². The minimum Gasteiger partial charge on any atom is -0.465 e. The molecule has 2 aromatic heterocycles. The number of imidazole rings is 1. The fourth-order valence-electron chi connectivity index (χ4n) is 2.31. The molecule has 94 valence electrons. The molecular formula is C13H14N2O2S. The average molecular weight is 262 g/mol. The highest BCUT2D eigenvalue weighted by Gasteiger charge is 2.22. The highest BCUT2D eigenvalue weighted by Crippen LogP contribution is 2.31. The molecule has 1 aliphatic heterocycles. The number of fused-ring (bicyclic) bond motifs is 1. The third-order valence-corrected chi connectivity index (χ3v) is 4.44. The number of ether oxygens (including phenoxy) is 1. The summed E-state index contributed by atoms with van der Waals surface area (Å²) in [7, 11) is 1.39. The summed E-state index contributed by atoms with van der Waals surface area (Å²) in [4.78, 5) is 16.0. The molecule has 0 spiro atoms. The molecule has 0 aromatic carbocycles. The second kappa shape index (κ2) is 4.65. The zero-order chi connectivity index (χ0) is 12.5. The van der Waals surface area contributed by atoms with Crippen molar-refractivity contribution in [3.8, 4) is 0 Å². The van der Waals surface area contributed by atoms with Gasteiger partial charge in [0.15, 0.2) is 0 Å². The van der Waals surface area contributed by atoms with Crippen LogP contribution in [0.5, 0.6) is 0 Å². The Morgan fingerprint density at radius 2 is 2.50 bits per heavy atom. The molecule has 1 saturated heterocycles. The van der Waals surface area contributed by atoms with Crippen molar-refractivity contribution < 1.29 is 9.53 Å². The van der Waals surface area contributed by atoms with Gasteiger partial charge in [0.05, 0.1) is 24.4 Å². The molecule has 4 nitrogen and oxygen atoms in total. The van der Waals surface area contributed by atoms with Crippen molar-refractivity contribution >= 4 is 23.2 Å². The van der Waals surface area contributed by atoms with Crippen molar-refractivity contribution in [3.63, 3.8) is 0 Å². The molecule has 18 heavy (non-hydrogen) atoms. The monoisotopic (exact) mass is 262 g/mol. The van der Waals surface area contributed by atoms with Gasteiger partial charge in [0.1, 0.15) is 5.82 Å². The van der Waals surface area contributed by atoms with E-state index in [4.69, 9.17) is 4.74 Å². The number of hydrogen-bond acceptors (Lipinski definition) is 4. The molecule has 2 aromatic rings. The van der Waals surface area contributed by atoms with E-state index in [2.05, 4.69) is 9.38 Å². The van der Waals surface area contributed by atoms with Crippen LogP contribution in [0.25, 0.3) is 5.52 Å². The Kier molecular flexibility index (Phi) is 2.99. The van der Waals surface area contributed by atoms with Crippen LogP contribution in [0.1, 0.15) is 28.5 Å². The Hall–Kier alpha value is -1.49. The Bertz CT molecular complexity index is 588. The predicted molar refractivity (Wildman–Crippen MR) is 71.2 cm³/mol. The van der Waals surface area contributed by atoms with Crippen molar-refractivity contribution in [2.45, 2.75) is 12.3 Å². The van der Waals surface area contributed by atoms with Crippen LogP contribution in [-0.2, 0) is 4.74 Å². The van der Waals surface area contributed by atoms with Gasteiger partial charge >= 0.3 is 5.97 Å². The van der Waals surface area contributed by atoms with Crippen molar-refractivity contribution in [1.29, 1.82) is 0 Å². The fourth-order valence-corrected chi connectivity index (χ4v) is 3.52. The van der Waals surface area contributed by atoms with Crippen molar-refractivity contribution in [1.82, 2.24) is 9.38 Å². The largest absolute Gasteiger partial charge is 0.465 e. The lowest BCUT2D eigenvalue weighted by atomic mass is 10.1. The topological polar surface area (TPSA) is 43.6 Å². The van der Waals surface area contributed by atoms with E-state index in [9.17, 15) is 4.79 Å². The van der Waals surface area contributed by atoms with E-state index in [1.54, 1.807) is 6.07 Å². The van der Waals surface area contributed by atoms with Crippen molar-refractivity contribution in [2.75, 3.05) is 18.6 Å². The molecule has 5 heteroatoms. The third kappa shape index (κ3) is 1.88. The molecule has 0 saturated carbocycles. The quantitative estimate of drug-likeness (QED) is 0.779. The lowest BCUT2D eigenvalue weighted by Gasteiger charge is -2.07. The van der Waals surface area contributed by atoms with Gasteiger partial charge in [-0.15, -0.1) is 0 Å². The number of esters is 1. The van der Waals surface area contributed by atoms with E-state index < -0.39 is 0 Å². The van der Waals surface area contributed by atoms with Crippen LogP contribution in [-0.4, -0.2) is 34.0 Å². The fraction of sp³-hybridized carbons (Fsp3) is 0.385. The number of aromatic nitrogens is 2. The van der Waals surface area contributed by atoms with E-state index in [-0.39, 0.29) is 5.97 Å². The molecule has 0 bridgehead atoms. The summed E-state index contributed by atoms with van der Waals surface area (Å²) in [6.45, 7) is 0. The first kappa shape index (κ1) is 11.6. The molecule has 0 N–H and O–H groups in total. The summed E-state index contributed by atoms with van der Waals surface area (Å²) in [5.74, 6) is 3.67. The SMILES string of the molecule is COC(=O)c1ccn2c(C3CCSC3)ncc2c1. The zero-order valence-corrected chi connectivity index (χ0v) is 10.9. The number of nitrogens with zero attached hydrogens (tertiary/aromatic N) is 2. The number of hydrogen-bond donors (Lipinski definition) is 0. The number of methoxy groups -OCH3 is 1. The first-order valence-corrected chi connectivity index (χ1v) is 7.08. The van der Waals surface area contributed by atoms with Gasteiger partial charge in [-0.25, -0.2) is 9.78 Å². The lowest BCUT2D eigenvalue weighted by Crippen LogP contribution is -2.05. The van der Waals surface area contributed by atoms with Gasteiger partial charge < -0.3 is 9.14 Å². The van der Waals surface area contributed by atoms with Gasteiger partial charge in [-0.3, -0.25) is 0 Å². The molecule has 1 unspecified atom stereocenters. The number of thioether (sulfide) groups is 1. The van der Waals surface area contributed by atoms with Crippen LogP contribution in [0.15, 0.2) is 24.5 Å². The third-order valence-electron chi connectivity index (χ3n) is 3.28. The molecule has 0 aliphatic carbocycles. The van der Waals surface area contributed by atoms with E-state index in [1.807, 2.05) is 30.2 Å². The van der Waals surface area contributed by atoms with Crippen molar-refractivity contribution in [2.24, 2.45) is 0 Å². The highest BCUT2D eigenvalue weighted by atomic mass is 32.2. The second-order valence-electron chi connectivity index (χ2n) is 4.38.